The van der Waals surface area contributed by atoms with Crippen molar-refractivity contribution in [1.29, 1.82) is 0 Å². The van der Waals surface area contributed by atoms with Crippen LogP contribution in [0.5, 0.6) is 0 Å². The Kier molecular flexibility index (Phi) is 5.87. The summed E-state index contributed by atoms with van der Waals surface area (Å²) in [6.07, 6.45) is 4.08. The number of ether oxygens (including phenoxy) is 2. The summed E-state index contributed by atoms with van der Waals surface area (Å²) in [4.78, 5) is 47.4. The van der Waals surface area contributed by atoms with E-state index in [2.05, 4.69) is 20.3 Å². The first-order chi connectivity index (χ1) is 13.9. The number of aromatic nitrogens is 2. The normalized spacial score (nSPS) is 12.0. The summed E-state index contributed by atoms with van der Waals surface area (Å²) < 4.78 is 9.81. The van der Waals surface area contributed by atoms with Crippen molar-refractivity contribution in [3.63, 3.8) is 0 Å². The summed E-state index contributed by atoms with van der Waals surface area (Å²) in [5, 5.41) is 4.28. The van der Waals surface area contributed by atoms with Gasteiger partial charge in [-0.25, -0.2) is 4.79 Å². The molecule has 0 unspecified atom stereocenters. The molecule has 0 radical (unpaired) electrons. The topological polar surface area (TPSA) is 123 Å². The summed E-state index contributed by atoms with van der Waals surface area (Å²) >= 11 is 0. The van der Waals surface area contributed by atoms with Crippen LogP contribution in [0.3, 0.4) is 0 Å². The van der Waals surface area contributed by atoms with Gasteiger partial charge in [-0.05, 0) is 18.6 Å². The first-order valence-corrected chi connectivity index (χ1v) is 8.95. The lowest BCUT2D eigenvalue weighted by atomic mass is 10.1. The van der Waals surface area contributed by atoms with Crippen molar-refractivity contribution in [2.45, 2.75) is 20.3 Å². The van der Waals surface area contributed by atoms with Gasteiger partial charge in [0.05, 0.1) is 47.8 Å². The number of anilines is 1. The molecule has 0 aliphatic rings. The second-order valence-corrected chi connectivity index (χ2v) is 6.25. The number of carbonyl (C=O) groups excluding carboxylic acids is 3. The molecule has 0 saturated heterocycles. The molecule has 0 aliphatic carbocycles. The first-order valence-electron chi connectivity index (χ1n) is 8.95. The minimum Gasteiger partial charge on any atom is -0.504 e. The van der Waals surface area contributed by atoms with Crippen molar-refractivity contribution in [1.82, 2.24) is 9.97 Å². The highest BCUT2D eigenvalue weighted by molar-refractivity contribution is 6.16. The number of carbonyl (C=O) groups is 3. The third-order valence-electron chi connectivity index (χ3n) is 4.03. The highest BCUT2D eigenvalue weighted by atomic mass is 16.5. The molecule has 0 bridgehead atoms. The molecule has 9 nitrogen and oxygen atoms in total. The average molecular weight is 396 g/mol. The van der Waals surface area contributed by atoms with Gasteiger partial charge in [-0.15, -0.1) is 0 Å². The fourth-order valence-electron chi connectivity index (χ4n) is 2.88. The smallest absolute Gasteiger partial charge is 0.434 e. The Labute approximate surface area is 165 Å². The molecule has 0 spiro atoms. The van der Waals surface area contributed by atoms with Gasteiger partial charge in [0.15, 0.2) is 0 Å². The van der Waals surface area contributed by atoms with E-state index in [1.54, 1.807) is 12.3 Å². The van der Waals surface area contributed by atoms with Gasteiger partial charge in [-0.3, -0.25) is 14.6 Å². The average Bonchev–Trinajstić information content (AvgIpc) is 3.12. The first kappa shape index (κ1) is 20.0. The van der Waals surface area contributed by atoms with Gasteiger partial charge in [0.2, 0.25) is 11.7 Å². The van der Waals surface area contributed by atoms with Gasteiger partial charge in [-0.1, -0.05) is 6.92 Å². The third-order valence-corrected chi connectivity index (χ3v) is 4.03. The Bertz CT molecular complexity index is 1180. The summed E-state index contributed by atoms with van der Waals surface area (Å²) in [7, 11) is 1.44. The molecule has 29 heavy (non-hydrogen) atoms. The van der Waals surface area contributed by atoms with Crippen LogP contribution >= 0.6 is 0 Å². The van der Waals surface area contributed by atoms with Gasteiger partial charge in [0, 0.05) is 30.0 Å². The number of ketones is 1. The number of pyridine rings is 1. The number of benzene rings is 1. The Morgan fingerprint density at radius 1 is 1.31 bits per heavy atom. The highest BCUT2D eigenvalue weighted by Gasteiger charge is 2.17. The van der Waals surface area contributed by atoms with E-state index in [0.717, 1.165) is 0 Å². The van der Waals surface area contributed by atoms with E-state index in [9.17, 15) is 14.4 Å². The van der Waals surface area contributed by atoms with Crippen molar-refractivity contribution < 1.29 is 23.9 Å². The molecule has 0 fully saturated rings. The molecule has 3 aromatic rings. The maximum absolute atomic E-state index is 12.4. The Morgan fingerprint density at radius 2 is 2.10 bits per heavy atom. The predicted molar refractivity (Wildman–Crippen MR) is 107 cm³/mol. The second kappa shape index (κ2) is 8.51. The summed E-state index contributed by atoms with van der Waals surface area (Å²) in [6.45, 7) is 3.50. The van der Waals surface area contributed by atoms with Crippen LogP contribution in [0.4, 0.5) is 10.5 Å². The minimum atomic E-state index is -0.736. The number of hydrogen-bond donors (Lipinski definition) is 2. The number of rotatable bonds is 6. The SMILES string of the molecule is CCCOC(=O)/N=c1\cc(NC(C)=O)c2[nH]c(C(=O)/C=C\OC)cc3cnc1c32. The van der Waals surface area contributed by atoms with Gasteiger partial charge in [0.25, 0.3) is 0 Å². The fraction of sp³-hybridized carbons (Fsp3) is 0.250. The van der Waals surface area contributed by atoms with Crippen LogP contribution in [-0.4, -0.2) is 41.5 Å². The van der Waals surface area contributed by atoms with Crippen LogP contribution < -0.4 is 10.7 Å². The van der Waals surface area contributed by atoms with E-state index < -0.39 is 6.09 Å². The van der Waals surface area contributed by atoms with Crippen LogP contribution in [0.1, 0.15) is 30.8 Å². The van der Waals surface area contributed by atoms with Crippen LogP contribution in [0.15, 0.2) is 35.7 Å². The van der Waals surface area contributed by atoms with Crippen molar-refractivity contribution in [2.75, 3.05) is 19.0 Å². The van der Waals surface area contributed by atoms with Gasteiger partial charge >= 0.3 is 6.09 Å². The molecule has 0 saturated carbocycles. The number of methoxy groups -OCH3 is 1. The molecule has 2 N–H and O–H groups in total. The van der Waals surface area contributed by atoms with Gasteiger partial charge < -0.3 is 19.8 Å². The summed E-state index contributed by atoms with van der Waals surface area (Å²) in [5.41, 5.74) is 1.62. The van der Waals surface area contributed by atoms with Gasteiger partial charge in [-0.2, -0.15) is 4.99 Å². The quantitative estimate of drug-likeness (QED) is 0.375. The third kappa shape index (κ3) is 4.23. The predicted octanol–water partition coefficient (Wildman–Crippen LogP) is 2.90. The summed E-state index contributed by atoms with van der Waals surface area (Å²) in [5.74, 6) is -0.623. The standard InChI is InChI=1S/C20H20N4O5/c1-4-6-29-20(27)24-14-9-15(22-11(2)25)19-17-12(10-21-18(14)17)8-13(23-19)16(26)5-7-28-3/h5,7-10,23H,4,6H2,1-3H3,(H,22,25)/b7-5-,24-14+. The number of aromatic amines is 1. The molecule has 0 aliphatic heterocycles. The Balaban J connectivity index is 2.24. The number of amides is 2. The maximum atomic E-state index is 12.4. The number of hydrogen-bond acceptors (Lipinski definition) is 6. The lowest BCUT2D eigenvalue weighted by Crippen LogP contribution is -2.14. The molecule has 150 valence electrons. The van der Waals surface area contributed by atoms with Crippen LogP contribution in [0.25, 0.3) is 21.8 Å². The van der Waals surface area contributed by atoms with Crippen LogP contribution in [0.2, 0.25) is 0 Å². The zero-order chi connectivity index (χ0) is 21.0. The molecule has 0 atom stereocenters. The largest absolute Gasteiger partial charge is 0.504 e. The molecule has 9 heteroatoms. The monoisotopic (exact) mass is 396 g/mol. The molecular formula is C20H20N4O5. The van der Waals surface area contributed by atoms with E-state index in [-0.39, 0.29) is 23.7 Å². The lowest BCUT2D eigenvalue weighted by Gasteiger charge is -2.10. The molecular weight excluding hydrogens is 376 g/mol. The zero-order valence-electron chi connectivity index (χ0n) is 16.2. The van der Waals surface area contributed by atoms with Crippen molar-refractivity contribution in [3.05, 3.63) is 41.7 Å². The van der Waals surface area contributed by atoms with Crippen molar-refractivity contribution >= 4 is 45.3 Å². The van der Waals surface area contributed by atoms with E-state index in [0.29, 0.717) is 39.6 Å². The summed E-state index contributed by atoms with van der Waals surface area (Å²) in [6, 6.07) is 3.16. The van der Waals surface area contributed by atoms with E-state index in [1.807, 2.05) is 6.92 Å². The zero-order valence-corrected chi connectivity index (χ0v) is 16.2. The number of H-pyrrole nitrogens is 1. The minimum absolute atomic E-state index is 0.257. The Hall–Kier alpha value is -3.75. The van der Waals surface area contributed by atoms with Gasteiger partial charge in [0.1, 0.15) is 0 Å². The van der Waals surface area contributed by atoms with Crippen molar-refractivity contribution in [3.8, 4) is 0 Å². The number of nitrogens with one attached hydrogen (secondary N) is 2. The lowest BCUT2D eigenvalue weighted by molar-refractivity contribution is -0.114. The molecule has 1 aromatic carbocycles. The van der Waals surface area contributed by atoms with E-state index in [4.69, 9.17) is 9.47 Å². The highest BCUT2D eigenvalue weighted by Crippen LogP contribution is 2.29. The fourth-order valence-corrected chi connectivity index (χ4v) is 2.88. The van der Waals surface area contributed by atoms with Crippen LogP contribution in [-0.2, 0) is 14.3 Å². The Morgan fingerprint density at radius 3 is 2.79 bits per heavy atom. The molecule has 3 rings (SSSR count). The van der Waals surface area contributed by atoms with Crippen molar-refractivity contribution in [2.24, 2.45) is 4.99 Å². The number of nitrogens with zero attached hydrogens (tertiary/aromatic N) is 2. The van der Waals surface area contributed by atoms with E-state index >= 15 is 0 Å². The maximum Gasteiger partial charge on any atom is 0.434 e. The molecule has 2 amide bonds. The molecule has 2 heterocycles. The second-order valence-electron chi connectivity index (χ2n) is 6.25. The molecule has 2 aromatic heterocycles. The van der Waals surface area contributed by atoms with Crippen LogP contribution in [0, 0.1) is 0 Å². The van der Waals surface area contributed by atoms with E-state index in [1.165, 1.54) is 32.4 Å². The number of allylic oxidation sites excluding steroid dienone is 1.